The quantitative estimate of drug-likeness (QED) is 0.910. The average molecular weight is 284 g/mol. The maximum Gasteiger partial charge on any atom is 0.255 e. The molecule has 3 nitrogen and oxygen atoms in total. The smallest absolute Gasteiger partial charge is 0.255 e. The van der Waals surface area contributed by atoms with Crippen molar-refractivity contribution in [2.24, 2.45) is 0 Å². The first kappa shape index (κ1) is 15.5. The Morgan fingerprint density at radius 2 is 1.67 bits per heavy atom. The van der Waals surface area contributed by atoms with E-state index >= 15 is 0 Å². The zero-order chi connectivity index (χ0) is 15.4. The minimum absolute atomic E-state index is 0.0968. The predicted molar refractivity (Wildman–Crippen MR) is 88.5 cm³/mol. The van der Waals surface area contributed by atoms with E-state index in [1.165, 1.54) is 0 Å². The highest BCUT2D eigenvalue weighted by Crippen LogP contribution is 2.21. The third-order valence-corrected chi connectivity index (χ3v) is 3.48. The summed E-state index contributed by atoms with van der Waals surface area (Å²) < 4.78 is 1.88. The molecule has 0 unspecified atom stereocenters. The summed E-state index contributed by atoms with van der Waals surface area (Å²) in [6.45, 7) is 8.87. The first-order valence-corrected chi connectivity index (χ1v) is 7.54. The normalized spacial score (nSPS) is 11.3. The van der Waals surface area contributed by atoms with Crippen molar-refractivity contribution in [1.82, 2.24) is 9.88 Å². The van der Waals surface area contributed by atoms with Gasteiger partial charge in [0.2, 0.25) is 0 Å². The number of hydrogen-bond donors (Lipinski definition) is 1. The Bertz CT molecular complexity index is 642. The van der Waals surface area contributed by atoms with E-state index in [1.54, 1.807) is 0 Å². The van der Waals surface area contributed by atoms with Crippen LogP contribution < -0.4 is 10.9 Å². The molecule has 0 amide bonds. The number of hydrogen-bond acceptors (Lipinski definition) is 2. The lowest BCUT2D eigenvalue weighted by molar-refractivity contribution is 0.556. The van der Waals surface area contributed by atoms with Crippen LogP contribution in [0.15, 0.2) is 47.3 Å². The Balaban J connectivity index is 2.49. The summed E-state index contributed by atoms with van der Waals surface area (Å²) >= 11 is 0. The van der Waals surface area contributed by atoms with Gasteiger partial charge in [0.05, 0.1) is 5.69 Å². The fourth-order valence-electron chi connectivity index (χ4n) is 2.40. The molecule has 0 bridgehead atoms. The predicted octanol–water partition coefficient (Wildman–Crippen LogP) is 3.59. The monoisotopic (exact) mass is 284 g/mol. The fraction of sp³-hybridized carbons (Fsp3) is 0.389. The molecule has 21 heavy (non-hydrogen) atoms. The number of aromatic nitrogens is 1. The third-order valence-electron chi connectivity index (χ3n) is 3.48. The maximum atomic E-state index is 12.7. The summed E-state index contributed by atoms with van der Waals surface area (Å²) in [5.74, 6) is 0. The molecular formula is C18H24N2O. The molecule has 0 aliphatic heterocycles. The highest BCUT2D eigenvalue weighted by atomic mass is 16.1. The van der Waals surface area contributed by atoms with Gasteiger partial charge in [-0.2, -0.15) is 0 Å². The van der Waals surface area contributed by atoms with Crippen LogP contribution in [0.1, 0.15) is 39.3 Å². The highest BCUT2D eigenvalue weighted by Gasteiger charge is 2.12. The van der Waals surface area contributed by atoms with E-state index in [9.17, 15) is 4.79 Å². The summed E-state index contributed by atoms with van der Waals surface area (Å²) in [5.41, 5.74) is 2.96. The first-order chi connectivity index (χ1) is 10.0. The first-order valence-electron chi connectivity index (χ1n) is 7.54. The van der Waals surface area contributed by atoms with Gasteiger partial charge in [0.15, 0.2) is 0 Å². The second kappa shape index (κ2) is 6.72. The molecule has 2 aromatic rings. The number of rotatable bonds is 5. The molecule has 0 radical (unpaired) electrons. The zero-order valence-corrected chi connectivity index (χ0v) is 13.3. The van der Waals surface area contributed by atoms with Crippen molar-refractivity contribution in [3.05, 3.63) is 58.4 Å². The van der Waals surface area contributed by atoms with Crippen LogP contribution in [-0.2, 0) is 6.54 Å². The van der Waals surface area contributed by atoms with Gasteiger partial charge in [0, 0.05) is 24.2 Å². The molecule has 3 heteroatoms. The van der Waals surface area contributed by atoms with Crippen molar-refractivity contribution in [3.8, 4) is 11.3 Å². The fourth-order valence-corrected chi connectivity index (χ4v) is 2.40. The van der Waals surface area contributed by atoms with Crippen molar-refractivity contribution in [1.29, 1.82) is 0 Å². The zero-order valence-electron chi connectivity index (χ0n) is 13.3. The van der Waals surface area contributed by atoms with Crippen LogP contribution in [-0.4, -0.2) is 10.6 Å². The van der Waals surface area contributed by atoms with Crippen LogP contribution in [0.2, 0.25) is 0 Å². The highest BCUT2D eigenvalue weighted by molar-refractivity contribution is 5.59. The second-order valence-corrected chi connectivity index (χ2v) is 5.91. The lowest BCUT2D eigenvalue weighted by Crippen LogP contribution is -2.31. The molecule has 0 spiro atoms. The van der Waals surface area contributed by atoms with E-state index in [0.717, 1.165) is 16.8 Å². The van der Waals surface area contributed by atoms with E-state index < -0.39 is 0 Å². The Morgan fingerprint density at radius 1 is 1.00 bits per heavy atom. The molecule has 0 saturated carbocycles. The van der Waals surface area contributed by atoms with E-state index in [2.05, 4.69) is 19.2 Å². The van der Waals surface area contributed by atoms with E-state index in [4.69, 9.17) is 0 Å². The van der Waals surface area contributed by atoms with Crippen LogP contribution in [0.3, 0.4) is 0 Å². The summed E-state index contributed by atoms with van der Waals surface area (Å²) in [6.07, 6.45) is 0. The van der Waals surface area contributed by atoms with Gasteiger partial charge in [0.1, 0.15) is 0 Å². The molecule has 112 valence electrons. The summed E-state index contributed by atoms with van der Waals surface area (Å²) in [7, 11) is 0. The Kier molecular flexibility index (Phi) is 4.97. The minimum atomic E-state index is 0.0968. The lowest BCUT2D eigenvalue weighted by atomic mass is 10.1. The molecule has 0 atom stereocenters. The van der Waals surface area contributed by atoms with Crippen molar-refractivity contribution < 1.29 is 0 Å². The summed E-state index contributed by atoms with van der Waals surface area (Å²) in [4.78, 5) is 12.7. The molecule has 1 N–H and O–H groups in total. The third kappa shape index (κ3) is 3.61. The van der Waals surface area contributed by atoms with Crippen molar-refractivity contribution >= 4 is 0 Å². The maximum absolute atomic E-state index is 12.7. The topological polar surface area (TPSA) is 34.0 Å². The lowest BCUT2D eigenvalue weighted by Gasteiger charge is -2.18. The number of nitrogens with one attached hydrogen (secondary N) is 1. The largest absolute Gasteiger partial charge is 0.310 e. The molecular weight excluding hydrogens is 260 g/mol. The van der Waals surface area contributed by atoms with Gasteiger partial charge in [0.25, 0.3) is 5.56 Å². The van der Waals surface area contributed by atoms with Gasteiger partial charge in [-0.3, -0.25) is 4.79 Å². The van der Waals surface area contributed by atoms with E-state index in [-0.39, 0.29) is 11.6 Å². The molecule has 0 saturated heterocycles. The van der Waals surface area contributed by atoms with Crippen molar-refractivity contribution in [2.45, 2.75) is 46.3 Å². The van der Waals surface area contributed by atoms with Crippen molar-refractivity contribution in [2.75, 3.05) is 0 Å². The number of benzene rings is 1. The van der Waals surface area contributed by atoms with Gasteiger partial charge >= 0.3 is 0 Å². The van der Waals surface area contributed by atoms with E-state index in [0.29, 0.717) is 12.6 Å². The second-order valence-electron chi connectivity index (χ2n) is 5.91. The van der Waals surface area contributed by atoms with Gasteiger partial charge < -0.3 is 9.88 Å². The number of nitrogens with zero attached hydrogens (tertiary/aromatic N) is 1. The molecule has 0 aliphatic rings. The summed E-state index contributed by atoms with van der Waals surface area (Å²) in [5, 5.41) is 3.31. The molecule has 1 aromatic heterocycles. The SMILES string of the molecule is CC(C)NCc1ccc(-c2ccccc2)n(C(C)C)c1=O. The average Bonchev–Trinajstić information content (AvgIpc) is 2.46. The molecule has 2 rings (SSSR count). The standard InChI is InChI=1S/C18H24N2O/c1-13(2)19-12-16-10-11-17(15-8-6-5-7-9-15)20(14(3)4)18(16)21/h5-11,13-14,19H,12H2,1-4H3. The van der Waals surface area contributed by atoms with Crippen LogP contribution in [0, 0.1) is 0 Å². The number of pyridine rings is 1. The van der Waals surface area contributed by atoms with Crippen LogP contribution >= 0.6 is 0 Å². The van der Waals surface area contributed by atoms with Gasteiger partial charge in [-0.15, -0.1) is 0 Å². The molecule has 1 aromatic carbocycles. The van der Waals surface area contributed by atoms with Crippen molar-refractivity contribution in [3.63, 3.8) is 0 Å². The van der Waals surface area contributed by atoms with Gasteiger partial charge in [-0.05, 0) is 25.5 Å². The minimum Gasteiger partial charge on any atom is -0.310 e. The van der Waals surface area contributed by atoms with E-state index in [1.807, 2.05) is 60.9 Å². The Hall–Kier alpha value is -1.87. The summed E-state index contributed by atoms with van der Waals surface area (Å²) in [6, 6.07) is 14.6. The van der Waals surface area contributed by atoms with Crippen LogP contribution in [0.4, 0.5) is 0 Å². The molecule has 0 fully saturated rings. The van der Waals surface area contributed by atoms with Gasteiger partial charge in [-0.1, -0.05) is 50.2 Å². The van der Waals surface area contributed by atoms with Crippen LogP contribution in [0.5, 0.6) is 0 Å². The molecule has 0 aliphatic carbocycles. The molecule has 1 heterocycles. The Morgan fingerprint density at radius 3 is 2.24 bits per heavy atom. The van der Waals surface area contributed by atoms with Crippen LogP contribution in [0.25, 0.3) is 11.3 Å². The van der Waals surface area contributed by atoms with Gasteiger partial charge in [-0.25, -0.2) is 0 Å². The Labute approximate surface area is 126 Å².